The Labute approximate surface area is 156 Å². The van der Waals surface area contributed by atoms with Crippen molar-refractivity contribution in [2.24, 2.45) is 4.99 Å². The molecule has 8 nitrogen and oxygen atoms in total. The second-order valence-corrected chi connectivity index (χ2v) is 9.23. The molecule has 2 rings (SSSR count). The van der Waals surface area contributed by atoms with Gasteiger partial charge in [-0.15, -0.1) is 4.99 Å². The first kappa shape index (κ1) is 20.9. The smallest absolute Gasteiger partial charge is 0.437 e. The second-order valence-electron chi connectivity index (χ2n) is 7.18. The number of ether oxygens (including phenoxy) is 1. The van der Waals surface area contributed by atoms with E-state index in [4.69, 9.17) is 10.5 Å². The topological polar surface area (TPSA) is 105 Å². The summed E-state index contributed by atoms with van der Waals surface area (Å²) < 4.78 is 58.5. The van der Waals surface area contributed by atoms with Crippen molar-refractivity contribution in [1.29, 1.82) is 0 Å². The number of guanidine groups is 1. The summed E-state index contributed by atoms with van der Waals surface area (Å²) in [7, 11) is -2.61. The molecule has 2 N–H and O–H groups in total. The zero-order chi connectivity index (χ0) is 20.7. The lowest BCUT2D eigenvalue weighted by Crippen LogP contribution is -2.58. The lowest BCUT2D eigenvalue weighted by atomic mass is 10.2. The molecule has 0 aliphatic carbocycles. The van der Waals surface area contributed by atoms with E-state index in [0.717, 1.165) is 10.4 Å². The van der Waals surface area contributed by atoms with Crippen molar-refractivity contribution in [3.63, 3.8) is 0 Å². The first-order chi connectivity index (χ1) is 12.2. The van der Waals surface area contributed by atoms with Gasteiger partial charge in [-0.25, -0.2) is 26.3 Å². The first-order valence-electron chi connectivity index (χ1n) is 8.05. The van der Waals surface area contributed by atoms with Crippen LogP contribution in [0.15, 0.2) is 17.1 Å². The van der Waals surface area contributed by atoms with Crippen molar-refractivity contribution in [3.8, 4) is 0 Å². The average Bonchev–Trinajstić information content (AvgIpc) is 2.47. The molecule has 0 unspecified atom stereocenters. The Morgan fingerprint density at radius 1 is 1.30 bits per heavy atom. The minimum atomic E-state index is -3.80. The second kappa shape index (κ2) is 6.95. The fourth-order valence-electron chi connectivity index (χ4n) is 2.54. The number of hydrogen-bond donors (Lipinski definition) is 1. The largest absolute Gasteiger partial charge is 0.442 e. The number of nitrogens with two attached hydrogens (primary N) is 1. The SMILES string of the molecule is C[C@@H]1CS(=O)(=O)N(C)C(=NC(=O)OC(C)(C)C)N1c1cc(N)c(F)cc1F. The third-order valence-electron chi connectivity index (χ3n) is 3.72. The molecular formula is C16H22F2N4O4S. The third kappa shape index (κ3) is 4.46. The molecule has 1 aromatic carbocycles. The van der Waals surface area contributed by atoms with Gasteiger partial charge >= 0.3 is 6.09 Å². The van der Waals surface area contributed by atoms with Crippen LogP contribution in [0.25, 0.3) is 0 Å². The first-order valence-corrected chi connectivity index (χ1v) is 9.66. The predicted octanol–water partition coefficient (Wildman–Crippen LogP) is 2.31. The zero-order valence-electron chi connectivity index (χ0n) is 15.7. The van der Waals surface area contributed by atoms with E-state index in [0.29, 0.717) is 6.07 Å². The molecule has 1 heterocycles. The molecule has 1 atom stereocenters. The maximum absolute atomic E-state index is 14.4. The van der Waals surface area contributed by atoms with Crippen molar-refractivity contribution < 1.29 is 26.7 Å². The van der Waals surface area contributed by atoms with Crippen LogP contribution in [0.5, 0.6) is 0 Å². The number of nitrogen functional groups attached to an aromatic ring is 1. The quantitative estimate of drug-likeness (QED) is 0.720. The van der Waals surface area contributed by atoms with Crippen LogP contribution in [0.3, 0.4) is 0 Å². The highest BCUT2D eigenvalue weighted by atomic mass is 32.2. The van der Waals surface area contributed by atoms with Gasteiger partial charge in [-0.2, -0.15) is 0 Å². The average molecular weight is 404 g/mol. The minimum Gasteiger partial charge on any atom is -0.442 e. The van der Waals surface area contributed by atoms with Crippen molar-refractivity contribution in [2.75, 3.05) is 23.4 Å². The summed E-state index contributed by atoms with van der Waals surface area (Å²) in [6, 6.07) is 0.815. The number of anilines is 2. The van der Waals surface area contributed by atoms with Crippen LogP contribution in [0.2, 0.25) is 0 Å². The van der Waals surface area contributed by atoms with Gasteiger partial charge in [0.2, 0.25) is 16.0 Å². The number of aliphatic imine (C=N–C) groups is 1. The fraction of sp³-hybridized carbons (Fsp3) is 0.500. The van der Waals surface area contributed by atoms with Gasteiger partial charge in [0.1, 0.15) is 17.2 Å². The van der Waals surface area contributed by atoms with Gasteiger partial charge in [-0.05, 0) is 33.8 Å². The summed E-state index contributed by atoms with van der Waals surface area (Å²) in [6.07, 6.45) is -1.05. The Morgan fingerprint density at radius 2 is 1.89 bits per heavy atom. The van der Waals surface area contributed by atoms with Crippen molar-refractivity contribution >= 4 is 33.5 Å². The van der Waals surface area contributed by atoms with Gasteiger partial charge < -0.3 is 15.4 Å². The highest BCUT2D eigenvalue weighted by molar-refractivity contribution is 7.89. The number of sulfonamides is 1. The lowest BCUT2D eigenvalue weighted by Gasteiger charge is -2.40. The maximum atomic E-state index is 14.4. The van der Waals surface area contributed by atoms with Crippen molar-refractivity contribution in [3.05, 3.63) is 23.8 Å². The molecule has 27 heavy (non-hydrogen) atoms. The molecule has 0 aromatic heterocycles. The number of carbonyl (C=O) groups excluding carboxylic acids is 1. The molecule has 1 aromatic rings. The fourth-order valence-corrected chi connectivity index (χ4v) is 3.90. The van der Waals surface area contributed by atoms with E-state index in [9.17, 15) is 22.0 Å². The maximum Gasteiger partial charge on any atom is 0.437 e. The van der Waals surface area contributed by atoms with Gasteiger partial charge in [0.05, 0.1) is 23.2 Å². The van der Waals surface area contributed by atoms with Crippen molar-refractivity contribution in [2.45, 2.75) is 39.3 Å². The van der Waals surface area contributed by atoms with E-state index in [-0.39, 0.29) is 23.1 Å². The van der Waals surface area contributed by atoms with E-state index in [1.165, 1.54) is 18.9 Å². The summed E-state index contributed by atoms with van der Waals surface area (Å²) in [5.41, 5.74) is 4.13. The number of halogens is 2. The summed E-state index contributed by atoms with van der Waals surface area (Å²) in [6.45, 7) is 6.36. The van der Waals surface area contributed by atoms with Gasteiger partial charge in [0.15, 0.2) is 0 Å². The number of rotatable bonds is 1. The summed E-state index contributed by atoms with van der Waals surface area (Å²) in [5, 5.41) is 0. The van der Waals surface area contributed by atoms with Gasteiger partial charge in [-0.3, -0.25) is 0 Å². The molecule has 1 amide bonds. The summed E-state index contributed by atoms with van der Waals surface area (Å²) >= 11 is 0. The normalized spacial score (nSPS) is 21.4. The van der Waals surface area contributed by atoms with Crippen LogP contribution < -0.4 is 10.6 Å². The molecule has 0 bridgehead atoms. The number of amides is 1. The van der Waals surface area contributed by atoms with Gasteiger partial charge in [-0.1, -0.05) is 0 Å². The monoisotopic (exact) mass is 404 g/mol. The molecule has 1 aliphatic heterocycles. The van der Waals surface area contributed by atoms with Crippen LogP contribution in [0.1, 0.15) is 27.7 Å². The van der Waals surface area contributed by atoms with Crippen LogP contribution in [-0.2, 0) is 14.8 Å². The molecule has 1 fully saturated rings. The third-order valence-corrected chi connectivity index (χ3v) is 5.62. The molecule has 1 saturated heterocycles. The highest BCUT2D eigenvalue weighted by Crippen LogP contribution is 2.31. The molecule has 0 spiro atoms. The van der Waals surface area contributed by atoms with E-state index in [1.807, 2.05) is 0 Å². The summed E-state index contributed by atoms with van der Waals surface area (Å²) in [5.74, 6) is -2.66. The lowest BCUT2D eigenvalue weighted by molar-refractivity contribution is 0.0602. The number of benzene rings is 1. The Balaban J connectivity index is 2.62. The number of hydrogen-bond acceptors (Lipinski definition) is 5. The highest BCUT2D eigenvalue weighted by Gasteiger charge is 2.40. The van der Waals surface area contributed by atoms with Crippen molar-refractivity contribution in [1.82, 2.24) is 4.31 Å². The Hall–Kier alpha value is -2.43. The Morgan fingerprint density at radius 3 is 2.44 bits per heavy atom. The Kier molecular flexibility index (Phi) is 5.37. The van der Waals surface area contributed by atoms with E-state index in [2.05, 4.69) is 4.99 Å². The Bertz CT molecular complexity index is 896. The molecular weight excluding hydrogens is 382 g/mol. The van der Waals surface area contributed by atoms with E-state index >= 15 is 0 Å². The standard InChI is InChI=1S/C16H22F2N4O4S/c1-9-8-27(24,25)21(5)14(20-15(23)26-16(2,3)4)22(9)13-7-12(19)10(17)6-11(13)18/h6-7,9H,8,19H2,1-5H3/t9-/m1/s1. The van der Waals surface area contributed by atoms with Gasteiger partial charge in [0.25, 0.3) is 0 Å². The number of nitrogens with zero attached hydrogens (tertiary/aromatic N) is 3. The molecule has 0 saturated carbocycles. The minimum absolute atomic E-state index is 0.203. The van der Waals surface area contributed by atoms with Crippen LogP contribution in [0, 0.1) is 11.6 Å². The number of carbonyl (C=O) groups is 1. The van der Waals surface area contributed by atoms with Crippen LogP contribution >= 0.6 is 0 Å². The predicted molar refractivity (Wildman–Crippen MR) is 97.9 cm³/mol. The van der Waals surface area contributed by atoms with E-state index < -0.39 is 39.4 Å². The molecule has 150 valence electrons. The van der Waals surface area contributed by atoms with Crippen LogP contribution in [0.4, 0.5) is 25.0 Å². The molecule has 0 radical (unpaired) electrons. The van der Waals surface area contributed by atoms with Gasteiger partial charge in [0, 0.05) is 13.1 Å². The molecule has 1 aliphatic rings. The van der Waals surface area contributed by atoms with E-state index in [1.54, 1.807) is 20.8 Å². The molecule has 11 heteroatoms. The van der Waals surface area contributed by atoms with Crippen LogP contribution in [-0.4, -0.2) is 49.2 Å². The summed E-state index contributed by atoms with van der Waals surface area (Å²) in [4.78, 5) is 17.0. The zero-order valence-corrected chi connectivity index (χ0v) is 16.5.